The van der Waals surface area contributed by atoms with Crippen molar-refractivity contribution in [1.29, 1.82) is 0 Å². The Morgan fingerprint density at radius 2 is 1.63 bits per heavy atom. The van der Waals surface area contributed by atoms with Crippen LogP contribution in [0.5, 0.6) is 5.75 Å². The Bertz CT molecular complexity index is 580. The fourth-order valence-corrected chi connectivity index (χ4v) is 1.65. The van der Waals surface area contributed by atoms with E-state index in [0.717, 1.165) is 5.56 Å². The predicted molar refractivity (Wildman–Crippen MR) is 76.9 cm³/mol. The van der Waals surface area contributed by atoms with Crippen molar-refractivity contribution in [2.24, 2.45) is 0 Å². The lowest BCUT2D eigenvalue weighted by Gasteiger charge is -2.04. The smallest absolute Gasteiger partial charge is 0.339 e. The minimum absolute atomic E-state index is 0.327. The third kappa shape index (κ3) is 3.81. The molecule has 96 valence electrons. The molecule has 19 heavy (non-hydrogen) atoms. The van der Waals surface area contributed by atoms with Crippen LogP contribution in [-0.2, 0) is 4.79 Å². The molecule has 0 bridgehead atoms. The van der Waals surface area contributed by atoms with Gasteiger partial charge >= 0.3 is 5.97 Å². The summed E-state index contributed by atoms with van der Waals surface area (Å²) in [6.07, 6.45) is 1.82. The highest BCUT2D eigenvalue weighted by Gasteiger charge is 2.06. The van der Waals surface area contributed by atoms with Gasteiger partial charge in [-0.15, -0.1) is 0 Å². The highest BCUT2D eigenvalue weighted by atomic mass is 16.5. The van der Waals surface area contributed by atoms with Crippen LogP contribution in [0.15, 0.2) is 60.2 Å². The van der Waals surface area contributed by atoms with E-state index in [1.807, 2.05) is 55.5 Å². The number of esters is 1. The molecule has 0 aliphatic rings. The summed E-state index contributed by atoms with van der Waals surface area (Å²) in [5, 5.41) is 0. The predicted octanol–water partition coefficient (Wildman–Crippen LogP) is 4.00. The molecule has 2 aromatic rings. The molecule has 0 radical (unpaired) electrons. The van der Waals surface area contributed by atoms with E-state index < -0.39 is 0 Å². The molecule has 0 heterocycles. The number of rotatable bonds is 3. The summed E-state index contributed by atoms with van der Waals surface area (Å²) in [6, 6.07) is 17.1. The molecule has 0 saturated carbocycles. The molecule has 2 nitrogen and oxygen atoms in total. The molecule has 0 N–H and O–H groups in total. The Balaban J connectivity index is 2.08. The van der Waals surface area contributed by atoms with Crippen LogP contribution in [0.4, 0.5) is 0 Å². The lowest BCUT2D eigenvalue weighted by atomic mass is 10.1. The van der Waals surface area contributed by atoms with Crippen LogP contribution in [0, 0.1) is 6.92 Å². The normalized spacial score (nSPS) is 11.2. The molecule has 0 amide bonds. The number of carbonyl (C=O) groups excluding carboxylic acids is 1. The molecule has 2 heteroatoms. The molecule has 0 aliphatic heterocycles. The summed E-state index contributed by atoms with van der Waals surface area (Å²) in [4.78, 5) is 11.9. The van der Waals surface area contributed by atoms with E-state index >= 15 is 0 Å². The van der Waals surface area contributed by atoms with E-state index in [1.54, 1.807) is 19.1 Å². The molecular weight excluding hydrogens is 236 g/mol. The number of carbonyl (C=O) groups is 1. The molecule has 0 aromatic heterocycles. The summed E-state index contributed by atoms with van der Waals surface area (Å²) in [5.41, 5.74) is 2.77. The van der Waals surface area contributed by atoms with Crippen molar-refractivity contribution in [1.82, 2.24) is 0 Å². The topological polar surface area (TPSA) is 26.3 Å². The van der Waals surface area contributed by atoms with Gasteiger partial charge in [0.2, 0.25) is 0 Å². The third-order valence-electron chi connectivity index (χ3n) is 2.74. The van der Waals surface area contributed by atoms with Gasteiger partial charge in [0.15, 0.2) is 0 Å². The largest absolute Gasteiger partial charge is 0.423 e. The quantitative estimate of drug-likeness (QED) is 0.469. The Hall–Kier alpha value is -2.35. The number of hydrogen-bond acceptors (Lipinski definition) is 2. The Labute approximate surface area is 113 Å². The van der Waals surface area contributed by atoms with Crippen molar-refractivity contribution in [2.75, 3.05) is 0 Å². The second kappa shape index (κ2) is 6.01. The van der Waals surface area contributed by atoms with Crippen LogP contribution in [-0.4, -0.2) is 5.97 Å². The van der Waals surface area contributed by atoms with E-state index in [1.165, 1.54) is 5.56 Å². The molecule has 0 spiro atoms. The van der Waals surface area contributed by atoms with Crippen molar-refractivity contribution in [3.63, 3.8) is 0 Å². The number of ether oxygens (including phenoxy) is 1. The minimum Gasteiger partial charge on any atom is -0.423 e. The maximum absolute atomic E-state index is 11.9. The van der Waals surface area contributed by atoms with E-state index in [-0.39, 0.29) is 5.97 Å². The van der Waals surface area contributed by atoms with Crippen LogP contribution < -0.4 is 4.74 Å². The first-order chi connectivity index (χ1) is 9.15. The van der Waals surface area contributed by atoms with E-state index in [4.69, 9.17) is 4.74 Å². The maximum Gasteiger partial charge on any atom is 0.339 e. The average molecular weight is 252 g/mol. The molecule has 0 atom stereocenters. The van der Waals surface area contributed by atoms with Gasteiger partial charge in [-0.05, 0) is 37.6 Å². The summed E-state index contributed by atoms with van der Waals surface area (Å²) in [7, 11) is 0. The molecular formula is C17H16O2. The lowest BCUT2D eigenvalue weighted by Crippen LogP contribution is -2.08. The summed E-state index contributed by atoms with van der Waals surface area (Å²) in [5.74, 6) is 0.232. The minimum atomic E-state index is -0.327. The molecule has 2 rings (SSSR count). The van der Waals surface area contributed by atoms with Crippen molar-refractivity contribution in [3.8, 4) is 5.75 Å². The first-order valence-corrected chi connectivity index (χ1v) is 6.17. The van der Waals surface area contributed by atoms with Crippen LogP contribution in [0.25, 0.3) is 6.08 Å². The third-order valence-corrected chi connectivity index (χ3v) is 2.74. The number of aryl methyl sites for hydroxylation is 1. The SMILES string of the molecule is CC(=Cc1ccc(C)cc1)C(=O)Oc1ccccc1. The molecule has 0 saturated heterocycles. The highest BCUT2D eigenvalue weighted by Crippen LogP contribution is 2.13. The molecule has 0 unspecified atom stereocenters. The van der Waals surface area contributed by atoms with E-state index in [0.29, 0.717) is 11.3 Å². The summed E-state index contributed by atoms with van der Waals surface area (Å²) < 4.78 is 5.26. The van der Waals surface area contributed by atoms with E-state index in [2.05, 4.69) is 0 Å². The number of hydrogen-bond donors (Lipinski definition) is 0. The van der Waals surface area contributed by atoms with Gasteiger partial charge < -0.3 is 4.74 Å². The van der Waals surface area contributed by atoms with Crippen molar-refractivity contribution < 1.29 is 9.53 Å². The van der Waals surface area contributed by atoms with Gasteiger partial charge in [0.1, 0.15) is 5.75 Å². The Morgan fingerprint density at radius 1 is 1.00 bits per heavy atom. The Kier molecular flexibility index (Phi) is 4.14. The van der Waals surface area contributed by atoms with Crippen LogP contribution in [0.2, 0.25) is 0 Å². The highest BCUT2D eigenvalue weighted by molar-refractivity contribution is 5.94. The zero-order valence-corrected chi connectivity index (χ0v) is 11.1. The average Bonchev–Trinajstić information content (AvgIpc) is 2.42. The van der Waals surface area contributed by atoms with Gasteiger partial charge in [0.05, 0.1) is 0 Å². The second-order valence-electron chi connectivity index (χ2n) is 4.44. The summed E-state index contributed by atoms with van der Waals surface area (Å²) >= 11 is 0. The molecule has 0 aliphatic carbocycles. The Morgan fingerprint density at radius 3 is 2.26 bits per heavy atom. The van der Waals surface area contributed by atoms with Gasteiger partial charge in [-0.2, -0.15) is 0 Å². The zero-order valence-electron chi connectivity index (χ0n) is 11.1. The maximum atomic E-state index is 11.9. The molecule has 0 fully saturated rings. The van der Waals surface area contributed by atoms with E-state index in [9.17, 15) is 4.79 Å². The zero-order chi connectivity index (χ0) is 13.7. The second-order valence-corrected chi connectivity index (χ2v) is 4.44. The molecule has 2 aromatic carbocycles. The van der Waals surface area contributed by atoms with Gasteiger partial charge in [0.25, 0.3) is 0 Å². The van der Waals surface area contributed by atoms with Gasteiger partial charge in [-0.25, -0.2) is 4.79 Å². The van der Waals surface area contributed by atoms with Gasteiger partial charge in [-0.1, -0.05) is 48.0 Å². The standard InChI is InChI=1S/C17H16O2/c1-13-8-10-15(11-9-13)12-14(2)17(18)19-16-6-4-3-5-7-16/h3-12H,1-2H3. The van der Waals surface area contributed by atoms with Gasteiger partial charge in [0, 0.05) is 5.57 Å². The fraction of sp³-hybridized carbons (Fsp3) is 0.118. The first-order valence-electron chi connectivity index (χ1n) is 6.17. The summed E-state index contributed by atoms with van der Waals surface area (Å²) in [6.45, 7) is 3.79. The monoisotopic (exact) mass is 252 g/mol. The van der Waals surface area contributed by atoms with Crippen LogP contribution in [0.1, 0.15) is 18.1 Å². The first kappa shape index (κ1) is 13.1. The van der Waals surface area contributed by atoms with Crippen molar-refractivity contribution in [2.45, 2.75) is 13.8 Å². The number of benzene rings is 2. The van der Waals surface area contributed by atoms with Gasteiger partial charge in [-0.3, -0.25) is 0 Å². The lowest BCUT2D eigenvalue weighted by molar-refractivity contribution is -0.130. The van der Waals surface area contributed by atoms with Crippen LogP contribution in [0.3, 0.4) is 0 Å². The van der Waals surface area contributed by atoms with Crippen LogP contribution >= 0.6 is 0 Å². The number of para-hydroxylation sites is 1. The fourth-order valence-electron chi connectivity index (χ4n) is 1.65. The van der Waals surface area contributed by atoms with Crippen molar-refractivity contribution in [3.05, 3.63) is 71.3 Å². The van der Waals surface area contributed by atoms with Crippen molar-refractivity contribution >= 4 is 12.0 Å².